The molecule has 2 aliphatic heterocycles. The third kappa shape index (κ3) is 4.13. The van der Waals surface area contributed by atoms with Crippen molar-refractivity contribution in [3.8, 4) is 0 Å². The number of benzene rings is 2. The predicted octanol–water partition coefficient (Wildman–Crippen LogP) is 2.98. The summed E-state index contributed by atoms with van der Waals surface area (Å²) in [6.45, 7) is 0.178. The van der Waals surface area contributed by atoms with Crippen LogP contribution in [0.25, 0.3) is 0 Å². The highest BCUT2D eigenvalue weighted by atomic mass is 32.2. The maximum absolute atomic E-state index is 13.9. The quantitative estimate of drug-likeness (QED) is 0.510. The van der Waals surface area contributed by atoms with Gasteiger partial charge in [0, 0.05) is 24.2 Å². The first-order valence-corrected chi connectivity index (χ1v) is 15.5. The Morgan fingerprint density at radius 2 is 1.87 bits per heavy atom. The normalized spacial score (nSPS) is 27.5. The minimum atomic E-state index is -4.35. The summed E-state index contributed by atoms with van der Waals surface area (Å²) in [6, 6.07) is 9.49. The van der Waals surface area contributed by atoms with Gasteiger partial charge in [-0.1, -0.05) is 12.1 Å². The number of nitrogens with zero attached hydrogens (tertiary/aromatic N) is 2. The van der Waals surface area contributed by atoms with Crippen LogP contribution in [0.5, 0.6) is 0 Å². The highest BCUT2D eigenvalue weighted by Crippen LogP contribution is 2.55. The molecular formula is C25H25FN4O6S2. The fourth-order valence-corrected chi connectivity index (χ4v) is 8.08. The lowest BCUT2D eigenvalue weighted by atomic mass is 9.77. The number of amides is 1. The van der Waals surface area contributed by atoms with E-state index in [9.17, 15) is 31.1 Å². The van der Waals surface area contributed by atoms with Crippen LogP contribution in [-0.4, -0.2) is 50.9 Å². The molecule has 2 saturated carbocycles. The van der Waals surface area contributed by atoms with Gasteiger partial charge in [-0.25, -0.2) is 12.8 Å². The van der Waals surface area contributed by atoms with Crippen LogP contribution in [0, 0.1) is 23.6 Å². The number of amidine groups is 1. The molecule has 2 heterocycles. The fourth-order valence-electron chi connectivity index (χ4n) is 6.38. The summed E-state index contributed by atoms with van der Waals surface area (Å²) < 4.78 is 69.0. The molecule has 38 heavy (non-hydrogen) atoms. The van der Waals surface area contributed by atoms with Gasteiger partial charge in [-0.05, 0) is 67.0 Å². The zero-order valence-corrected chi connectivity index (χ0v) is 21.9. The van der Waals surface area contributed by atoms with E-state index in [1.807, 2.05) is 0 Å². The summed E-state index contributed by atoms with van der Waals surface area (Å²) in [6.07, 6.45) is 3.64. The van der Waals surface area contributed by atoms with Gasteiger partial charge in [0.2, 0.25) is 10.0 Å². The lowest BCUT2D eigenvalue weighted by molar-refractivity contribution is -0.134. The highest BCUT2D eigenvalue weighted by molar-refractivity contribution is 7.92. The number of hydrogen-bond acceptors (Lipinski definition) is 7. The van der Waals surface area contributed by atoms with Crippen molar-refractivity contribution in [2.45, 2.75) is 36.7 Å². The maximum atomic E-state index is 13.9. The average molecular weight is 561 g/mol. The topological polar surface area (TPSA) is 145 Å². The number of hydrogen-bond donors (Lipinski definition) is 3. The van der Waals surface area contributed by atoms with E-state index in [2.05, 4.69) is 14.4 Å². The van der Waals surface area contributed by atoms with E-state index in [4.69, 9.17) is 0 Å². The molecule has 3 N–H and O–H groups in total. The average Bonchev–Trinajstić information content (AvgIpc) is 3.45. The molecule has 4 atom stereocenters. The minimum Gasteiger partial charge on any atom is -0.511 e. The second kappa shape index (κ2) is 8.53. The first-order chi connectivity index (χ1) is 17.9. The summed E-state index contributed by atoms with van der Waals surface area (Å²) in [5.41, 5.74) is 0.654. The van der Waals surface area contributed by atoms with Gasteiger partial charge in [-0.2, -0.15) is 8.42 Å². The van der Waals surface area contributed by atoms with Crippen LogP contribution in [0.3, 0.4) is 0 Å². The first kappa shape index (κ1) is 24.9. The number of rotatable bonds is 5. The largest absolute Gasteiger partial charge is 0.511 e. The third-order valence-electron chi connectivity index (χ3n) is 7.81. The van der Waals surface area contributed by atoms with Crippen molar-refractivity contribution in [2.75, 3.05) is 16.3 Å². The Labute approximate surface area is 219 Å². The molecule has 13 heteroatoms. The molecule has 0 unspecified atom stereocenters. The van der Waals surface area contributed by atoms with Gasteiger partial charge in [0.1, 0.15) is 22.0 Å². The number of fused-ring (bicyclic) bond motifs is 6. The van der Waals surface area contributed by atoms with E-state index < -0.39 is 31.8 Å². The van der Waals surface area contributed by atoms with E-state index in [1.54, 1.807) is 17.0 Å². The van der Waals surface area contributed by atoms with Crippen LogP contribution < -0.4 is 10.0 Å². The van der Waals surface area contributed by atoms with Gasteiger partial charge >= 0.3 is 0 Å². The van der Waals surface area contributed by atoms with Gasteiger partial charge in [-0.3, -0.25) is 9.52 Å². The van der Waals surface area contributed by atoms with Crippen molar-refractivity contribution in [2.24, 2.45) is 22.2 Å². The van der Waals surface area contributed by atoms with E-state index >= 15 is 0 Å². The van der Waals surface area contributed by atoms with Crippen molar-refractivity contribution in [1.82, 2.24) is 4.90 Å². The Morgan fingerprint density at radius 1 is 1.16 bits per heavy atom. The van der Waals surface area contributed by atoms with Crippen LogP contribution in [-0.2, 0) is 31.4 Å². The van der Waals surface area contributed by atoms with E-state index in [0.29, 0.717) is 5.56 Å². The summed E-state index contributed by atoms with van der Waals surface area (Å²) in [7, 11) is -7.99. The van der Waals surface area contributed by atoms with Crippen LogP contribution in [0.15, 0.2) is 63.1 Å². The molecule has 6 rings (SSSR count). The smallest absolute Gasteiger partial charge is 0.286 e. The molecule has 0 aromatic heterocycles. The monoisotopic (exact) mass is 560 g/mol. The molecule has 1 amide bonds. The van der Waals surface area contributed by atoms with Gasteiger partial charge < -0.3 is 15.3 Å². The van der Waals surface area contributed by atoms with Gasteiger partial charge in [-0.15, -0.1) is 4.40 Å². The summed E-state index contributed by atoms with van der Waals surface area (Å²) >= 11 is 0. The molecule has 200 valence electrons. The molecule has 2 fully saturated rings. The molecule has 2 aromatic carbocycles. The number of carbonyl (C=O) groups excluding carboxylic acids is 1. The van der Waals surface area contributed by atoms with Crippen molar-refractivity contribution in [3.63, 3.8) is 0 Å². The van der Waals surface area contributed by atoms with Crippen LogP contribution >= 0.6 is 0 Å². The number of aliphatic hydroxyl groups is 1. The second-order valence-electron chi connectivity index (χ2n) is 10.3. The van der Waals surface area contributed by atoms with E-state index in [-0.39, 0.29) is 63.8 Å². The third-order valence-corrected chi connectivity index (χ3v) is 9.73. The van der Waals surface area contributed by atoms with Gasteiger partial charge in [0.05, 0.1) is 11.9 Å². The number of sulfonamides is 2. The van der Waals surface area contributed by atoms with Crippen LogP contribution in [0.1, 0.15) is 24.8 Å². The standard InChI is InChI=1S/C25H25FN4O6S2/c1-37(33,34)28-17-8-9-18-19(11-17)38(35,36)29-24(27-18)21-23(31)20-14-4-5-15(10-14)22(20)30(25(21)32)12-13-2-6-16(26)7-3-13/h2-3,6-9,11,14-15,20,22,28,31H,4-5,10,12H2,1H3,(H,27,29)/t14-,15-,20-,22+/m0/s1. The van der Waals surface area contributed by atoms with Crippen LogP contribution in [0.2, 0.25) is 0 Å². The lowest BCUT2D eigenvalue weighted by Gasteiger charge is -2.44. The Kier molecular flexibility index (Phi) is 5.58. The summed E-state index contributed by atoms with van der Waals surface area (Å²) in [5, 5.41) is 14.3. The second-order valence-corrected chi connectivity index (χ2v) is 13.6. The Morgan fingerprint density at radius 3 is 2.58 bits per heavy atom. The Hall–Kier alpha value is -3.45. The minimum absolute atomic E-state index is 0.0429. The molecule has 2 bridgehead atoms. The first-order valence-electron chi connectivity index (χ1n) is 12.1. The molecule has 2 aromatic rings. The number of aliphatic hydroxyl groups excluding tert-OH is 1. The number of halogens is 1. The number of nitrogens with one attached hydrogen (secondary N) is 2. The molecular weight excluding hydrogens is 535 g/mol. The van der Waals surface area contributed by atoms with Gasteiger partial charge in [0.15, 0.2) is 5.84 Å². The number of carbonyl (C=O) groups is 1. The van der Waals surface area contributed by atoms with Crippen LogP contribution in [0.4, 0.5) is 15.8 Å². The van der Waals surface area contributed by atoms with Crippen molar-refractivity contribution in [1.29, 1.82) is 0 Å². The van der Waals surface area contributed by atoms with Crippen molar-refractivity contribution in [3.05, 3.63) is 65.2 Å². The highest BCUT2D eigenvalue weighted by Gasteiger charge is 2.57. The van der Waals surface area contributed by atoms with Crippen molar-refractivity contribution < 1.29 is 31.1 Å². The predicted molar refractivity (Wildman–Crippen MR) is 138 cm³/mol. The molecule has 10 nitrogen and oxygen atoms in total. The lowest BCUT2D eigenvalue weighted by Crippen LogP contribution is -2.53. The Bertz CT molecular complexity index is 1640. The van der Waals surface area contributed by atoms with E-state index in [1.165, 1.54) is 24.3 Å². The fraction of sp³-hybridized carbons (Fsp3) is 0.360. The summed E-state index contributed by atoms with van der Waals surface area (Å²) in [4.78, 5) is 15.3. The zero-order chi connectivity index (χ0) is 27.0. The molecule has 0 saturated heterocycles. The number of anilines is 2. The zero-order valence-electron chi connectivity index (χ0n) is 20.3. The van der Waals surface area contributed by atoms with Gasteiger partial charge in [0.25, 0.3) is 15.9 Å². The molecule has 4 aliphatic rings. The van der Waals surface area contributed by atoms with E-state index in [0.717, 1.165) is 31.6 Å². The van der Waals surface area contributed by atoms with Crippen molar-refractivity contribution >= 4 is 43.2 Å². The molecule has 0 spiro atoms. The Balaban J connectivity index is 1.41. The maximum Gasteiger partial charge on any atom is 0.286 e. The molecule has 0 radical (unpaired) electrons. The molecule has 2 aliphatic carbocycles. The SMILES string of the molecule is CS(=O)(=O)Nc1ccc2c(c1)S(=O)(=O)N=C(C1=C(O)[C@H]3[C@H]4CC[C@@H](C4)[C@H]3N(Cc3ccc(F)cc3)C1=O)N2. The summed E-state index contributed by atoms with van der Waals surface area (Å²) in [5.74, 6) is -1.38.